The number of rotatable bonds is 7. The molecule has 7 rings (SSSR count). The van der Waals surface area contributed by atoms with Crippen molar-refractivity contribution in [2.75, 3.05) is 44.3 Å². The highest BCUT2D eigenvalue weighted by Crippen LogP contribution is 2.42. The van der Waals surface area contributed by atoms with E-state index in [1.54, 1.807) is 18.2 Å². The van der Waals surface area contributed by atoms with Gasteiger partial charge in [-0.05, 0) is 67.6 Å². The summed E-state index contributed by atoms with van der Waals surface area (Å²) in [6.45, 7) is 8.74. The van der Waals surface area contributed by atoms with Crippen LogP contribution in [0.3, 0.4) is 0 Å². The molecule has 4 heterocycles. The molecule has 3 saturated heterocycles. The van der Waals surface area contributed by atoms with Gasteiger partial charge in [-0.15, -0.1) is 0 Å². The van der Waals surface area contributed by atoms with E-state index in [0.29, 0.717) is 41.5 Å². The Bertz CT molecular complexity index is 1660. The number of nitrogens with zero attached hydrogens (tertiary/aromatic N) is 4. The Morgan fingerprint density at radius 1 is 1.09 bits per heavy atom. The number of benzene rings is 3. The Kier molecular flexibility index (Phi) is 7.75. The first-order valence-corrected chi connectivity index (χ1v) is 15.6. The molecule has 1 aromatic heterocycles. The molecule has 0 amide bonds. The van der Waals surface area contributed by atoms with Gasteiger partial charge in [0.25, 0.3) is 0 Å². The highest BCUT2D eigenvalue weighted by Gasteiger charge is 2.34. The molecule has 2 unspecified atom stereocenters. The third-order valence-corrected chi connectivity index (χ3v) is 9.61. The number of ether oxygens (including phenoxy) is 2. The number of piperazine rings is 1. The van der Waals surface area contributed by atoms with Gasteiger partial charge in [0.1, 0.15) is 17.1 Å². The number of hydrogen-bond donors (Lipinski definition) is 2. The minimum Gasteiger partial charge on any atom is -0.508 e. The van der Waals surface area contributed by atoms with Gasteiger partial charge in [-0.2, -0.15) is 9.97 Å². The van der Waals surface area contributed by atoms with Crippen LogP contribution in [0.5, 0.6) is 11.8 Å². The van der Waals surface area contributed by atoms with Gasteiger partial charge in [0, 0.05) is 55.3 Å². The van der Waals surface area contributed by atoms with Crippen LogP contribution in [0, 0.1) is 5.82 Å². The lowest BCUT2D eigenvalue weighted by Crippen LogP contribution is -2.51. The lowest BCUT2D eigenvalue weighted by Gasteiger charge is -2.37. The number of halogens is 2. The predicted molar refractivity (Wildman–Crippen MR) is 168 cm³/mol. The molecule has 3 aliphatic rings. The van der Waals surface area contributed by atoms with Crippen molar-refractivity contribution in [1.82, 2.24) is 20.2 Å². The zero-order valence-corrected chi connectivity index (χ0v) is 25.3. The number of aromatic nitrogens is 2. The van der Waals surface area contributed by atoms with E-state index in [9.17, 15) is 5.11 Å². The van der Waals surface area contributed by atoms with Crippen molar-refractivity contribution in [1.29, 1.82) is 0 Å². The Morgan fingerprint density at radius 3 is 2.70 bits per heavy atom. The van der Waals surface area contributed by atoms with E-state index in [4.69, 9.17) is 26.1 Å². The fourth-order valence-corrected chi connectivity index (χ4v) is 7.22. The number of morpholine rings is 1. The number of phenolic OH excluding ortho intramolecular Hbond substituents is 1. The number of nitrogens with one attached hydrogen (secondary N) is 1. The monoisotopic (exact) mass is 605 g/mol. The van der Waals surface area contributed by atoms with E-state index in [1.165, 1.54) is 0 Å². The summed E-state index contributed by atoms with van der Waals surface area (Å²) in [7, 11) is 0. The van der Waals surface area contributed by atoms with Crippen molar-refractivity contribution < 1.29 is 19.0 Å². The Labute approximate surface area is 255 Å². The average Bonchev–Trinajstić information content (AvgIpc) is 3.34. The molecular formula is C33H37ClFN5O3. The number of phenols is 1. The van der Waals surface area contributed by atoms with Crippen LogP contribution in [-0.4, -0.2) is 83.6 Å². The van der Waals surface area contributed by atoms with Crippen LogP contribution in [0.25, 0.3) is 32.8 Å². The molecule has 4 atom stereocenters. The van der Waals surface area contributed by atoms with E-state index in [0.717, 1.165) is 62.8 Å². The molecule has 226 valence electrons. The minimum atomic E-state index is -0.555. The van der Waals surface area contributed by atoms with E-state index >= 15 is 4.39 Å². The maximum atomic E-state index is 16.7. The van der Waals surface area contributed by atoms with Gasteiger partial charge < -0.3 is 24.8 Å². The summed E-state index contributed by atoms with van der Waals surface area (Å²) in [6, 6.07) is 13.8. The lowest BCUT2D eigenvalue weighted by atomic mass is 9.96. The number of fused-ring (bicyclic) bond motifs is 4. The van der Waals surface area contributed by atoms with Gasteiger partial charge in [0.2, 0.25) is 0 Å². The highest BCUT2D eigenvalue weighted by atomic mass is 35.5. The molecular weight excluding hydrogens is 569 g/mol. The highest BCUT2D eigenvalue weighted by molar-refractivity contribution is 6.35. The predicted octanol–water partition coefficient (Wildman–Crippen LogP) is 5.77. The van der Waals surface area contributed by atoms with Gasteiger partial charge in [-0.1, -0.05) is 35.9 Å². The van der Waals surface area contributed by atoms with Gasteiger partial charge >= 0.3 is 6.01 Å². The molecule has 0 radical (unpaired) electrons. The summed E-state index contributed by atoms with van der Waals surface area (Å²) in [6.07, 6.45) is 3.20. The second-order valence-corrected chi connectivity index (χ2v) is 12.5. The van der Waals surface area contributed by atoms with Gasteiger partial charge in [0.05, 0.1) is 24.3 Å². The van der Waals surface area contributed by atoms with Crippen LogP contribution in [0.4, 0.5) is 10.2 Å². The third-order valence-electron chi connectivity index (χ3n) is 9.31. The zero-order chi connectivity index (χ0) is 29.7. The van der Waals surface area contributed by atoms with Crippen molar-refractivity contribution in [2.45, 2.75) is 57.3 Å². The normalized spacial score (nSPS) is 24.2. The van der Waals surface area contributed by atoms with Crippen molar-refractivity contribution >= 4 is 39.1 Å². The molecule has 2 bridgehead atoms. The van der Waals surface area contributed by atoms with E-state index in [1.807, 2.05) is 24.3 Å². The second-order valence-electron chi connectivity index (χ2n) is 12.1. The summed E-state index contributed by atoms with van der Waals surface area (Å²) in [4.78, 5) is 14.1. The maximum Gasteiger partial charge on any atom is 0.319 e. The maximum absolute atomic E-state index is 16.7. The molecule has 3 fully saturated rings. The van der Waals surface area contributed by atoms with Crippen LogP contribution >= 0.6 is 11.6 Å². The second kappa shape index (κ2) is 11.7. The van der Waals surface area contributed by atoms with Crippen molar-refractivity contribution in [2.24, 2.45) is 0 Å². The summed E-state index contributed by atoms with van der Waals surface area (Å²) >= 11 is 6.86. The molecule has 43 heavy (non-hydrogen) atoms. The van der Waals surface area contributed by atoms with E-state index in [-0.39, 0.29) is 34.0 Å². The van der Waals surface area contributed by atoms with Gasteiger partial charge in [-0.3, -0.25) is 4.90 Å². The molecule has 0 saturated carbocycles. The smallest absolute Gasteiger partial charge is 0.319 e. The molecule has 4 aromatic rings. The van der Waals surface area contributed by atoms with Crippen LogP contribution in [0.15, 0.2) is 42.5 Å². The Hall–Kier alpha value is -3.24. The summed E-state index contributed by atoms with van der Waals surface area (Å²) in [5.74, 6) is 0.125. The summed E-state index contributed by atoms with van der Waals surface area (Å²) < 4.78 is 28.6. The molecule has 10 heteroatoms. The van der Waals surface area contributed by atoms with Gasteiger partial charge in [0.15, 0.2) is 5.82 Å². The zero-order valence-electron chi connectivity index (χ0n) is 24.5. The topological polar surface area (TPSA) is 83.0 Å². The Morgan fingerprint density at radius 2 is 1.88 bits per heavy atom. The van der Waals surface area contributed by atoms with Crippen molar-refractivity contribution in [3.8, 4) is 22.9 Å². The summed E-state index contributed by atoms with van der Waals surface area (Å²) in [5.41, 5.74) is 0.873. The minimum absolute atomic E-state index is 0.0388. The van der Waals surface area contributed by atoms with Crippen LogP contribution in [-0.2, 0) is 4.74 Å². The van der Waals surface area contributed by atoms with Crippen molar-refractivity contribution in [3.05, 3.63) is 53.3 Å². The number of hydrogen-bond acceptors (Lipinski definition) is 8. The number of aromatic hydroxyl groups is 1. The fraction of sp³-hybridized carbons (Fsp3) is 0.455. The molecule has 3 aromatic carbocycles. The Balaban J connectivity index is 1.26. The third kappa shape index (κ3) is 5.48. The molecule has 0 aliphatic carbocycles. The standard InChI is InChI=1S/C33H37ClFN5O3/c1-19-20(2)42-13-11-39(19)10-5-12-43-33-37-31-27(32(38-33)40-17-22-8-9-23(18-40)36-22)16-28(34)29(30(31)35)26-15-24(41)14-21-6-3-4-7-25(21)26/h3-4,6-7,14-16,19-20,22-23,36,41H,5,8-13,17-18H2,1-2H3/t19-,20+,22?,23?/m0/s1. The molecule has 8 nitrogen and oxygen atoms in total. The molecule has 3 aliphatic heterocycles. The van der Waals surface area contributed by atoms with Crippen molar-refractivity contribution in [3.63, 3.8) is 0 Å². The molecule has 0 spiro atoms. The van der Waals surface area contributed by atoms with E-state index in [2.05, 4.69) is 33.9 Å². The van der Waals surface area contributed by atoms with Crippen LogP contribution < -0.4 is 15.0 Å². The molecule has 2 N–H and O–H groups in total. The first-order chi connectivity index (χ1) is 20.9. The SMILES string of the molecule is C[C@H]1OCCN(CCCOc2nc(N3CC4CCC(C3)N4)c3cc(Cl)c(-c4cc(O)cc5ccccc45)c(F)c3n2)[C@H]1C. The van der Waals surface area contributed by atoms with E-state index < -0.39 is 5.82 Å². The fourth-order valence-electron chi connectivity index (χ4n) is 6.93. The summed E-state index contributed by atoms with van der Waals surface area (Å²) in [5, 5.41) is 16.5. The van der Waals surface area contributed by atoms with Crippen LogP contribution in [0.1, 0.15) is 33.1 Å². The van der Waals surface area contributed by atoms with Crippen LogP contribution in [0.2, 0.25) is 5.02 Å². The largest absolute Gasteiger partial charge is 0.508 e. The lowest BCUT2D eigenvalue weighted by molar-refractivity contribution is -0.0561. The van der Waals surface area contributed by atoms with Gasteiger partial charge in [-0.25, -0.2) is 4.39 Å². The first-order valence-electron chi connectivity index (χ1n) is 15.3. The number of anilines is 1. The average molecular weight is 606 g/mol. The quantitative estimate of drug-likeness (QED) is 0.257. The first kappa shape index (κ1) is 28.5.